The first-order valence-corrected chi connectivity index (χ1v) is 10.1. The maximum atomic E-state index is 12.9. The number of thioether (sulfide) groups is 2. The molecule has 0 spiro atoms. The van der Waals surface area contributed by atoms with Crippen molar-refractivity contribution in [2.75, 3.05) is 24.6 Å². The highest BCUT2D eigenvalue weighted by Crippen LogP contribution is 2.34. The molecule has 0 radical (unpaired) electrons. The molecule has 2 nitrogen and oxygen atoms in total. The third-order valence-corrected chi connectivity index (χ3v) is 6.37. The Kier molecular flexibility index (Phi) is 6.21. The Balaban J connectivity index is 1.52. The van der Waals surface area contributed by atoms with Gasteiger partial charge in [-0.05, 0) is 36.2 Å². The van der Waals surface area contributed by atoms with Crippen LogP contribution in [0.25, 0.3) is 0 Å². The summed E-state index contributed by atoms with van der Waals surface area (Å²) in [7, 11) is 0. The molecule has 1 fully saturated rings. The first kappa shape index (κ1) is 17.4. The van der Waals surface area contributed by atoms with E-state index in [0.29, 0.717) is 11.0 Å². The van der Waals surface area contributed by atoms with Gasteiger partial charge in [0.05, 0.1) is 5.75 Å². The standard InChI is InChI=1S/C19H20FNOS2/c20-16-6-8-17(9-7-16)24-14-19(22)21-11-10-18(23-13-12-21)15-4-2-1-3-5-15/h1-9,18H,10-14H2/t18-/m1/s1. The zero-order chi connectivity index (χ0) is 16.8. The minimum Gasteiger partial charge on any atom is -0.341 e. The first-order valence-electron chi connectivity index (χ1n) is 8.05. The van der Waals surface area contributed by atoms with Crippen molar-refractivity contribution in [2.45, 2.75) is 16.6 Å². The first-order chi connectivity index (χ1) is 11.7. The van der Waals surface area contributed by atoms with Gasteiger partial charge in [0.1, 0.15) is 5.82 Å². The third-order valence-electron chi connectivity index (χ3n) is 4.04. The lowest BCUT2D eigenvalue weighted by Gasteiger charge is -2.20. The van der Waals surface area contributed by atoms with E-state index in [1.807, 2.05) is 22.7 Å². The van der Waals surface area contributed by atoms with Crippen LogP contribution in [-0.2, 0) is 4.79 Å². The van der Waals surface area contributed by atoms with Crippen molar-refractivity contribution in [1.29, 1.82) is 0 Å². The van der Waals surface area contributed by atoms with Crippen LogP contribution in [-0.4, -0.2) is 35.4 Å². The van der Waals surface area contributed by atoms with Gasteiger partial charge in [-0.25, -0.2) is 4.39 Å². The molecule has 1 heterocycles. The lowest BCUT2D eigenvalue weighted by molar-refractivity contribution is -0.128. The maximum absolute atomic E-state index is 12.9. The summed E-state index contributed by atoms with van der Waals surface area (Å²) in [6, 6.07) is 16.8. The summed E-state index contributed by atoms with van der Waals surface area (Å²) in [4.78, 5) is 15.3. The molecule has 126 valence electrons. The van der Waals surface area contributed by atoms with Gasteiger partial charge in [0.2, 0.25) is 5.91 Å². The van der Waals surface area contributed by atoms with Gasteiger partial charge in [-0.2, -0.15) is 11.8 Å². The van der Waals surface area contributed by atoms with Gasteiger partial charge < -0.3 is 4.90 Å². The van der Waals surface area contributed by atoms with E-state index in [9.17, 15) is 9.18 Å². The zero-order valence-electron chi connectivity index (χ0n) is 13.4. The topological polar surface area (TPSA) is 20.3 Å². The molecule has 2 aromatic rings. The van der Waals surface area contributed by atoms with E-state index in [-0.39, 0.29) is 11.7 Å². The van der Waals surface area contributed by atoms with Gasteiger partial charge in [-0.15, -0.1) is 11.8 Å². The van der Waals surface area contributed by atoms with Crippen LogP contribution in [0.2, 0.25) is 0 Å². The number of halogens is 1. The molecule has 1 aliphatic rings. The number of rotatable bonds is 4. The van der Waals surface area contributed by atoms with Crippen molar-refractivity contribution < 1.29 is 9.18 Å². The fraction of sp³-hybridized carbons (Fsp3) is 0.316. The number of nitrogens with zero attached hydrogens (tertiary/aromatic N) is 1. The van der Waals surface area contributed by atoms with Crippen LogP contribution in [0.5, 0.6) is 0 Å². The maximum Gasteiger partial charge on any atom is 0.232 e. The molecule has 0 N–H and O–H groups in total. The molecule has 2 aromatic carbocycles. The smallest absolute Gasteiger partial charge is 0.232 e. The number of hydrogen-bond donors (Lipinski definition) is 0. The van der Waals surface area contributed by atoms with Crippen LogP contribution >= 0.6 is 23.5 Å². The Morgan fingerprint density at radius 2 is 1.88 bits per heavy atom. The lowest BCUT2D eigenvalue weighted by Crippen LogP contribution is -2.34. The molecule has 0 saturated carbocycles. The van der Waals surface area contributed by atoms with Gasteiger partial charge in [0, 0.05) is 29.0 Å². The molecule has 5 heteroatoms. The van der Waals surface area contributed by atoms with E-state index in [2.05, 4.69) is 24.3 Å². The summed E-state index contributed by atoms with van der Waals surface area (Å²) >= 11 is 3.40. The Bertz CT molecular complexity index is 663. The van der Waals surface area contributed by atoms with Crippen LogP contribution in [0.3, 0.4) is 0 Å². The summed E-state index contributed by atoms with van der Waals surface area (Å²) < 4.78 is 12.9. The van der Waals surface area contributed by atoms with Gasteiger partial charge in [0.15, 0.2) is 0 Å². The van der Waals surface area contributed by atoms with E-state index in [1.54, 1.807) is 12.1 Å². The molecule has 0 bridgehead atoms. The average molecular weight is 362 g/mol. The van der Waals surface area contributed by atoms with Crippen LogP contribution in [0, 0.1) is 5.82 Å². The summed E-state index contributed by atoms with van der Waals surface area (Å²) in [5.74, 6) is 1.29. The van der Waals surface area contributed by atoms with Crippen molar-refractivity contribution >= 4 is 29.4 Å². The van der Waals surface area contributed by atoms with Crippen molar-refractivity contribution in [3.05, 3.63) is 66.0 Å². The van der Waals surface area contributed by atoms with Crippen LogP contribution < -0.4 is 0 Å². The SMILES string of the molecule is O=C(CSc1ccc(F)cc1)N1CCS[C@@H](c2ccccc2)CC1. The van der Waals surface area contributed by atoms with Crippen LogP contribution in [0.4, 0.5) is 4.39 Å². The van der Waals surface area contributed by atoms with Gasteiger partial charge >= 0.3 is 0 Å². The highest BCUT2D eigenvalue weighted by Gasteiger charge is 2.21. The summed E-state index contributed by atoms with van der Waals surface area (Å²) in [6.07, 6.45) is 0.988. The molecular formula is C19H20FNOS2. The number of benzene rings is 2. The second-order valence-electron chi connectivity index (χ2n) is 5.68. The summed E-state index contributed by atoms with van der Waals surface area (Å²) in [5, 5.41) is 0.466. The van der Waals surface area contributed by atoms with Crippen molar-refractivity contribution in [3.63, 3.8) is 0 Å². The summed E-state index contributed by atoms with van der Waals surface area (Å²) in [6.45, 7) is 1.60. The molecule has 24 heavy (non-hydrogen) atoms. The predicted molar refractivity (Wildman–Crippen MR) is 100.0 cm³/mol. The highest BCUT2D eigenvalue weighted by molar-refractivity contribution is 8.00. The van der Waals surface area contributed by atoms with Gasteiger partial charge in [0.25, 0.3) is 0 Å². The van der Waals surface area contributed by atoms with Crippen molar-refractivity contribution in [2.24, 2.45) is 0 Å². The van der Waals surface area contributed by atoms with E-state index >= 15 is 0 Å². The molecule has 3 rings (SSSR count). The highest BCUT2D eigenvalue weighted by atomic mass is 32.2. The third kappa shape index (κ3) is 4.77. The number of amides is 1. The van der Waals surface area contributed by atoms with E-state index in [4.69, 9.17) is 0 Å². The molecule has 1 aliphatic heterocycles. The lowest BCUT2D eigenvalue weighted by atomic mass is 10.1. The minimum absolute atomic E-state index is 0.165. The Morgan fingerprint density at radius 1 is 1.12 bits per heavy atom. The van der Waals surface area contributed by atoms with Crippen molar-refractivity contribution in [1.82, 2.24) is 4.90 Å². The molecule has 0 unspecified atom stereocenters. The number of hydrogen-bond acceptors (Lipinski definition) is 3. The monoisotopic (exact) mass is 361 g/mol. The van der Waals surface area contributed by atoms with E-state index < -0.39 is 0 Å². The predicted octanol–water partition coefficient (Wildman–Crippen LogP) is 4.62. The van der Waals surface area contributed by atoms with Crippen LogP contribution in [0.15, 0.2) is 59.5 Å². The number of carbonyl (C=O) groups excluding carboxylic acids is 1. The quantitative estimate of drug-likeness (QED) is 0.741. The molecule has 1 atom stereocenters. The second-order valence-corrected chi connectivity index (χ2v) is 8.04. The second kappa shape index (κ2) is 8.58. The van der Waals surface area contributed by atoms with Crippen molar-refractivity contribution in [3.8, 4) is 0 Å². The normalized spacial score (nSPS) is 18.2. The summed E-state index contributed by atoms with van der Waals surface area (Å²) in [5.41, 5.74) is 1.34. The Morgan fingerprint density at radius 3 is 2.62 bits per heavy atom. The average Bonchev–Trinajstić information content (AvgIpc) is 2.88. The Labute approximate surface area is 150 Å². The van der Waals surface area contributed by atoms with E-state index in [1.165, 1.54) is 29.5 Å². The fourth-order valence-electron chi connectivity index (χ4n) is 2.72. The molecular weight excluding hydrogens is 341 g/mol. The van der Waals surface area contributed by atoms with Crippen LogP contribution in [0.1, 0.15) is 17.2 Å². The minimum atomic E-state index is -0.248. The molecule has 0 aliphatic carbocycles. The van der Waals surface area contributed by atoms with Gasteiger partial charge in [-0.1, -0.05) is 30.3 Å². The number of carbonyl (C=O) groups is 1. The molecule has 1 amide bonds. The largest absolute Gasteiger partial charge is 0.341 e. The molecule has 0 aromatic heterocycles. The van der Waals surface area contributed by atoms with E-state index in [0.717, 1.165) is 30.2 Å². The Hall–Kier alpha value is -1.46. The fourth-order valence-corrected chi connectivity index (χ4v) is 4.75. The van der Waals surface area contributed by atoms with Gasteiger partial charge in [-0.3, -0.25) is 4.79 Å². The zero-order valence-corrected chi connectivity index (χ0v) is 15.0. The molecule has 1 saturated heterocycles.